The maximum atomic E-state index is 13.4. The molecule has 5 rings (SSSR count). The van der Waals surface area contributed by atoms with Gasteiger partial charge in [0.05, 0.1) is 12.2 Å². The van der Waals surface area contributed by atoms with Crippen LogP contribution in [0.4, 0.5) is 5.69 Å². The van der Waals surface area contributed by atoms with Crippen molar-refractivity contribution in [2.75, 3.05) is 24.6 Å². The van der Waals surface area contributed by atoms with Crippen molar-refractivity contribution in [3.63, 3.8) is 0 Å². The number of carbonyl (C=O) groups excluding carboxylic acids is 1. The molecule has 36 heavy (non-hydrogen) atoms. The molecule has 0 fully saturated rings. The van der Waals surface area contributed by atoms with Crippen LogP contribution in [0.1, 0.15) is 60.4 Å². The quantitative estimate of drug-likeness (QED) is 0.263. The Hall–Kier alpha value is -3.73. The maximum absolute atomic E-state index is 13.4. The number of ether oxygens (including phenoxy) is 2. The first kappa shape index (κ1) is 24.0. The van der Waals surface area contributed by atoms with E-state index in [2.05, 4.69) is 79.6 Å². The summed E-state index contributed by atoms with van der Waals surface area (Å²) in [4.78, 5) is 15.7. The predicted molar refractivity (Wildman–Crippen MR) is 145 cm³/mol. The lowest BCUT2D eigenvalue weighted by Gasteiger charge is -2.33. The molecule has 0 bridgehead atoms. The predicted octanol–water partition coefficient (Wildman–Crippen LogP) is 6.68. The summed E-state index contributed by atoms with van der Waals surface area (Å²) in [5, 5.41) is 1.08. The van der Waals surface area contributed by atoms with Gasteiger partial charge in [-0.05, 0) is 58.9 Å². The van der Waals surface area contributed by atoms with E-state index >= 15 is 0 Å². The van der Waals surface area contributed by atoms with Gasteiger partial charge in [0, 0.05) is 64.7 Å². The molecule has 1 aliphatic rings. The van der Waals surface area contributed by atoms with Gasteiger partial charge in [-0.1, -0.05) is 36.4 Å². The van der Waals surface area contributed by atoms with E-state index in [-0.39, 0.29) is 5.97 Å². The molecule has 0 saturated carbocycles. The van der Waals surface area contributed by atoms with Crippen LogP contribution in [-0.2, 0) is 16.9 Å². The zero-order valence-corrected chi connectivity index (χ0v) is 21.8. The van der Waals surface area contributed by atoms with Crippen LogP contribution in [0.15, 0.2) is 66.7 Å². The standard InChI is InChI=1S/C31H34N2O3/c1-6-32(7-2)22-18-19-26(28(20-22)35-9-4)31(25-16-12-10-14-23(25)30(34)36-31)29-21(5)33(8-3)27-17-13-11-15-24(27)29/h10-20H,6-9H2,1-5H3. The highest BCUT2D eigenvalue weighted by Gasteiger charge is 2.52. The molecule has 2 heterocycles. The molecule has 5 nitrogen and oxygen atoms in total. The fraction of sp³-hybridized carbons (Fsp3) is 0.323. The number of esters is 1. The Morgan fingerprint density at radius 2 is 1.64 bits per heavy atom. The summed E-state index contributed by atoms with van der Waals surface area (Å²) >= 11 is 0. The summed E-state index contributed by atoms with van der Waals surface area (Å²) in [5.74, 6) is 0.424. The molecule has 5 heteroatoms. The van der Waals surface area contributed by atoms with Gasteiger partial charge >= 0.3 is 5.97 Å². The lowest BCUT2D eigenvalue weighted by Crippen LogP contribution is -2.31. The van der Waals surface area contributed by atoms with Crippen molar-refractivity contribution in [2.45, 2.75) is 46.8 Å². The van der Waals surface area contributed by atoms with Gasteiger partial charge in [-0.15, -0.1) is 0 Å². The second-order valence-corrected chi connectivity index (χ2v) is 9.12. The summed E-state index contributed by atoms with van der Waals surface area (Å²) in [6.07, 6.45) is 0. The highest BCUT2D eigenvalue weighted by molar-refractivity contribution is 5.99. The van der Waals surface area contributed by atoms with Crippen LogP contribution in [0.3, 0.4) is 0 Å². The van der Waals surface area contributed by atoms with Crippen LogP contribution in [0.2, 0.25) is 0 Å². The lowest BCUT2D eigenvalue weighted by atomic mass is 9.78. The minimum atomic E-state index is -1.12. The third kappa shape index (κ3) is 3.41. The minimum absolute atomic E-state index is 0.311. The molecular formula is C31H34N2O3. The van der Waals surface area contributed by atoms with Crippen molar-refractivity contribution in [3.05, 3.63) is 94.7 Å². The van der Waals surface area contributed by atoms with Crippen LogP contribution in [0.5, 0.6) is 5.75 Å². The van der Waals surface area contributed by atoms with Crippen molar-refractivity contribution in [1.82, 2.24) is 4.57 Å². The van der Waals surface area contributed by atoms with Crippen molar-refractivity contribution >= 4 is 22.6 Å². The number of fused-ring (bicyclic) bond motifs is 2. The van der Waals surface area contributed by atoms with E-state index < -0.39 is 5.60 Å². The fourth-order valence-corrected chi connectivity index (χ4v) is 5.88. The number of benzene rings is 3. The second kappa shape index (κ2) is 9.38. The van der Waals surface area contributed by atoms with Crippen LogP contribution in [0, 0.1) is 6.92 Å². The Morgan fingerprint density at radius 1 is 0.917 bits per heavy atom. The number of hydrogen-bond acceptors (Lipinski definition) is 4. The van der Waals surface area contributed by atoms with Crippen LogP contribution >= 0.6 is 0 Å². The number of hydrogen-bond donors (Lipinski definition) is 0. The van der Waals surface area contributed by atoms with Crippen LogP contribution < -0.4 is 9.64 Å². The van der Waals surface area contributed by atoms with E-state index in [0.717, 1.165) is 64.4 Å². The first-order chi connectivity index (χ1) is 17.5. The number of anilines is 1. The second-order valence-electron chi connectivity index (χ2n) is 9.12. The zero-order chi connectivity index (χ0) is 25.4. The summed E-state index contributed by atoms with van der Waals surface area (Å²) < 4.78 is 15.1. The minimum Gasteiger partial charge on any atom is -0.493 e. The van der Waals surface area contributed by atoms with E-state index in [1.807, 2.05) is 31.2 Å². The van der Waals surface area contributed by atoms with E-state index in [1.165, 1.54) is 0 Å². The molecule has 0 radical (unpaired) electrons. The smallest absolute Gasteiger partial charge is 0.340 e. The average molecular weight is 483 g/mol. The van der Waals surface area contributed by atoms with Gasteiger partial charge < -0.3 is 18.9 Å². The van der Waals surface area contributed by atoms with Crippen LogP contribution in [0.25, 0.3) is 10.9 Å². The van der Waals surface area contributed by atoms with Gasteiger partial charge in [-0.3, -0.25) is 0 Å². The van der Waals surface area contributed by atoms with E-state index in [1.54, 1.807) is 0 Å². The number of cyclic esters (lactones) is 1. The van der Waals surface area contributed by atoms with Gasteiger partial charge in [-0.25, -0.2) is 4.79 Å². The number of aromatic nitrogens is 1. The molecule has 3 aromatic carbocycles. The first-order valence-corrected chi connectivity index (χ1v) is 12.9. The zero-order valence-electron chi connectivity index (χ0n) is 21.8. The third-order valence-corrected chi connectivity index (χ3v) is 7.44. The van der Waals surface area contributed by atoms with E-state index in [9.17, 15) is 4.79 Å². The Bertz CT molecular complexity index is 1430. The Kier molecular flexibility index (Phi) is 6.25. The molecular weight excluding hydrogens is 448 g/mol. The molecule has 1 unspecified atom stereocenters. The lowest BCUT2D eigenvalue weighted by molar-refractivity contribution is 0.0246. The van der Waals surface area contributed by atoms with Gasteiger partial charge in [0.25, 0.3) is 0 Å². The molecule has 0 saturated heterocycles. The summed E-state index contributed by atoms with van der Waals surface area (Å²) in [5.41, 5.74) is 5.48. The van der Waals surface area contributed by atoms with E-state index in [4.69, 9.17) is 9.47 Å². The molecule has 1 aliphatic heterocycles. The number of para-hydroxylation sites is 1. The van der Waals surface area contributed by atoms with E-state index in [0.29, 0.717) is 12.2 Å². The van der Waals surface area contributed by atoms with Gasteiger partial charge in [-0.2, -0.15) is 0 Å². The number of nitrogens with zero attached hydrogens (tertiary/aromatic N) is 2. The number of rotatable bonds is 8. The largest absolute Gasteiger partial charge is 0.493 e. The Balaban J connectivity index is 1.90. The number of aryl methyl sites for hydroxylation is 1. The van der Waals surface area contributed by atoms with Gasteiger partial charge in [0.15, 0.2) is 5.60 Å². The third-order valence-electron chi connectivity index (χ3n) is 7.44. The fourth-order valence-electron chi connectivity index (χ4n) is 5.88. The summed E-state index contributed by atoms with van der Waals surface area (Å²) in [6.45, 7) is 13.7. The van der Waals surface area contributed by atoms with Crippen LogP contribution in [-0.4, -0.2) is 30.2 Å². The normalized spacial score (nSPS) is 16.8. The molecule has 186 valence electrons. The van der Waals surface area contributed by atoms with Crippen molar-refractivity contribution in [2.24, 2.45) is 0 Å². The Morgan fingerprint density at radius 3 is 2.36 bits per heavy atom. The topological polar surface area (TPSA) is 43.7 Å². The molecule has 0 aliphatic carbocycles. The van der Waals surface area contributed by atoms with Gasteiger partial charge in [0.2, 0.25) is 0 Å². The van der Waals surface area contributed by atoms with Crippen molar-refractivity contribution in [3.8, 4) is 5.75 Å². The maximum Gasteiger partial charge on any atom is 0.340 e. The monoisotopic (exact) mass is 482 g/mol. The average Bonchev–Trinajstić information content (AvgIpc) is 3.36. The Labute approximate surface area is 213 Å². The highest BCUT2D eigenvalue weighted by Crippen LogP contribution is 2.53. The SMILES string of the molecule is CCOc1cc(N(CC)CC)ccc1C1(c2c(C)n(CC)c3ccccc23)OC(=O)c2ccccc21. The van der Waals surface area contributed by atoms with Crippen molar-refractivity contribution in [1.29, 1.82) is 0 Å². The molecule has 0 N–H and O–H groups in total. The summed E-state index contributed by atoms with van der Waals surface area (Å²) in [6, 6.07) is 22.4. The first-order valence-electron chi connectivity index (χ1n) is 12.9. The summed E-state index contributed by atoms with van der Waals surface area (Å²) in [7, 11) is 0. The van der Waals surface area contributed by atoms with Crippen molar-refractivity contribution < 1.29 is 14.3 Å². The molecule has 1 atom stereocenters. The molecule has 1 aromatic heterocycles. The highest BCUT2D eigenvalue weighted by atomic mass is 16.6. The molecule has 0 amide bonds. The molecule has 4 aromatic rings. The van der Waals surface area contributed by atoms with Gasteiger partial charge in [0.1, 0.15) is 5.75 Å². The number of carbonyl (C=O) groups is 1. The molecule has 0 spiro atoms.